The summed E-state index contributed by atoms with van der Waals surface area (Å²) in [5.41, 5.74) is -0.0900. The van der Waals surface area contributed by atoms with Gasteiger partial charge in [-0.2, -0.15) is 0 Å². The summed E-state index contributed by atoms with van der Waals surface area (Å²) in [4.78, 5) is 22.0. The minimum atomic E-state index is -3.84. The van der Waals surface area contributed by atoms with Gasteiger partial charge in [0.05, 0.1) is 12.1 Å². The summed E-state index contributed by atoms with van der Waals surface area (Å²) >= 11 is 0.800. The summed E-state index contributed by atoms with van der Waals surface area (Å²) < 4.78 is 25.6. The quantitative estimate of drug-likeness (QED) is 0.685. The van der Waals surface area contributed by atoms with Crippen LogP contribution in [0.25, 0.3) is 0 Å². The van der Waals surface area contributed by atoms with Gasteiger partial charge in [-0.25, -0.2) is 17.9 Å². The number of aromatic carboxylic acids is 1. The zero-order chi connectivity index (χ0) is 14.0. The Morgan fingerprint density at radius 3 is 2.63 bits per heavy atom. The van der Waals surface area contributed by atoms with Gasteiger partial charge >= 0.3 is 5.97 Å². The molecule has 0 aromatic carbocycles. The zero-order valence-electron chi connectivity index (χ0n) is 9.75. The topological polar surface area (TPSA) is 113 Å². The highest BCUT2D eigenvalue weighted by molar-refractivity contribution is 7.91. The first kappa shape index (κ1) is 14.0. The number of carboxylic acid groups (broad SMARTS) is 1. The molecule has 1 amide bonds. The molecule has 7 nitrogen and oxygen atoms in total. The van der Waals surface area contributed by atoms with Crippen molar-refractivity contribution in [1.82, 2.24) is 10.0 Å². The number of rotatable bonds is 6. The van der Waals surface area contributed by atoms with Crippen LogP contribution in [0.5, 0.6) is 0 Å². The average molecular weight is 304 g/mol. The van der Waals surface area contributed by atoms with Crippen LogP contribution in [-0.2, 0) is 14.8 Å². The van der Waals surface area contributed by atoms with Crippen molar-refractivity contribution in [2.45, 2.75) is 23.1 Å². The molecule has 0 radical (unpaired) electrons. The lowest BCUT2D eigenvalue weighted by Crippen LogP contribution is -2.37. The van der Waals surface area contributed by atoms with E-state index < -0.39 is 16.0 Å². The molecule has 1 aromatic rings. The third-order valence-electron chi connectivity index (χ3n) is 2.45. The molecule has 0 saturated heterocycles. The molecule has 9 heteroatoms. The van der Waals surface area contributed by atoms with Crippen LogP contribution >= 0.6 is 11.3 Å². The van der Waals surface area contributed by atoms with Crippen LogP contribution in [0.3, 0.4) is 0 Å². The second-order valence-corrected chi connectivity index (χ2v) is 7.03. The van der Waals surface area contributed by atoms with Crippen LogP contribution in [0.4, 0.5) is 0 Å². The van der Waals surface area contributed by atoms with Crippen LogP contribution < -0.4 is 10.0 Å². The fourth-order valence-corrected chi connectivity index (χ4v) is 3.49. The van der Waals surface area contributed by atoms with E-state index in [0.29, 0.717) is 0 Å². The number of carboxylic acids is 1. The third kappa shape index (κ3) is 3.75. The molecule has 2 rings (SSSR count). The second-order valence-electron chi connectivity index (χ2n) is 4.13. The maximum Gasteiger partial charge on any atom is 0.336 e. The SMILES string of the molecule is O=C(CNS(=O)(=O)c1cc(C(=O)O)cs1)NC1CC1. The highest BCUT2D eigenvalue weighted by atomic mass is 32.2. The van der Waals surface area contributed by atoms with Crippen molar-refractivity contribution in [3.8, 4) is 0 Å². The molecule has 0 bridgehead atoms. The molecule has 1 aliphatic carbocycles. The average Bonchev–Trinajstić information content (AvgIpc) is 2.97. The lowest BCUT2D eigenvalue weighted by Gasteiger charge is -2.05. The van der Waals surface area contributed by atoms with Crippen molar-refractivity contribution >= 4 is 33.2 Å². The summed E-state index contributed by atoms with van der Waals surface area (Å²) in [5.74, 6) is -1.58. The Morgan fingerprint density at radius 1 is 1.42 bits per heavy atom. The minimum absolute atomic E-state index is 0.0900. The molecule has 19 heavy (non-hydrogen) atoms. The van der Waals surface area contributed by atoms with Crippen molar-refractivity contribution in [2.24, 2.45) is 0 Å². The van der Waals surface area contributed by atoms with E-state index >= 15 is 0 Å². The van der Waals surface area contributed by atoms with E-state index in [1.807, 2.05) is 0 Å². The molecule has 0 spiro atoms. The first-order valence-corrected chi connectivity index (χ1v) is 7.85. The number of amides is 1. The maximum absolute atomic E-state index is 11.8. The number of carbonyl (C=O) groups is 2. The van der Waals surface area contributed by atoms with Crippen molar-refractivity contribution in [3.05, 3.63) is 17.0 Å². The molecule has 1 saturated carbocycles. The van der Waals surface area contributed by atoms with Gasteiger partial charge < -0.3 is 10.4 Å². The largest absolute Gasteiger partial charge is 0.478 e. The van der Waals surface area contributed by atoms with Crippen molar-refractivity contribution in [1.29, 1.82) is 0 Å². The van der Waals surface area contributed by atoms with E-state index in [2.05, 4.69) is 10.0 Å². The van der Waals surface area contributed by atoms with E-state index in [0.717, 1.165) is 30.2 Å². The first-order chi connectivity index (χ1) is 8.88. The van der Waals surface area contributed by atoms with Gasteiger partial charge in [0, 0.05) is 11.4 Å². The smallest absolute Gasteiger partial charge is 0.336 e. The maximum atomic E-state index is 11.8. The Bertz CT molecular complexity index is 603. The Hall–Kier alpha value is -1.45. The van der Waals surface area contributed by atoms with Gasteiger partial charge in [0.25, 0.3) is 10.0 Å². The molecule has 104 valence electrons. The summed E-state index contributed by atoms with van der Waals surface area (Å²) in [6, 6.07) is 1.23. The predicted octanol–water partition coefficient (Wildman–Crippen LogP) is 0.00320. The van der Waals surface area contributed by atoms with Gasteiger partial charge in [0.15, 0.2) is 0 Å². The standard InChI is InChI=1S/C10H12N2O5S2/c13-8(12-7-1-2-7)4-11-19(16,17)9-3-6(5-18-9)10(14)15/h3,5,7,11H,1-2,4H2,(H,12,13)(H,14,15). The number of hydrogen-bond acceptors (Lipinski definition) is 5. The fraction of sp³-hybridized carbons (Fsp3) is 0.400. The molecule has 0 atom stereocenters. The summed E-state index contributed by atoms with van der Waals surface area (Å²) in [6.45, 7) is -0.348. The molecule has 3 N–H and O–H groups in total. The van der Waals surface area contributed by atoms with Crippen molar-refractivity contribution in [2.75, 3.05) is 6.54 Å². The first-order valence-electron chi connectivity index (χ1n) is 5.49. The van der Waals surface area contributed by atoms with Crippen LogP contribution in [0.2, 0.25) is 0 Å². The molecular formula is C10H12N2O5S2. The van der Waals surface area contributed by atoms with Gasteiger partial charge in [0.2, 0.25) is 5.91 Å². The van der Waals surface area contributed by atoms with E-state index in [1.54, 1.807) is 0 Å². The molecule has 1 aliphatic rings. The van der Waals surface area contributed by atoms with Gasteiger partial charge in [0.1, 0.15) is 4.21 Å². The van der Waals surface area contributed by atoms with E-state index in [9.17, 15) is 18.0 Å². The van der Waals surface area contributed by atoms with Crippen molar-refractivity contribution < 1.29 is 23.1 Å². The zero-order valence-corrected chi connectivity index (χ0v) is 11.4. The molecular weight excluding hydrogens is 292 g/mol. The monoisotopic (exact) mass is 304 g/mol. The molecule has 0 unspecified atom stereocenters. The third-order valence-corrected chi connectivity index (χ3v) is 5.29. The highest BCUT2D eigenvalue weighted by Gasteiger charge is 2.24. The van der Waals surface area contributed by atoms with E-state index in [1.165, 1.54) is 5.38 Å². The van der Waals surface area contributed by atoms with Crippen LogP contribution in [0.15, 0.2) is 15.7 Å². The summed E-state index contributed by atoms with van der Waals surface area (Å²) in [5, 5.41) is 12.6. The minimum Gasteiger partial charge on any atom is -0.478 e. The summed E-state index contributed by atoms with van der Waals surface area (Å²) in [7, 11) is -3.84. The number of carbonyl (C=O) groups excluding carboxylic acids is 1. The Balaban J connectivity index is 1.96. The lowest BCUT2D eigenvalue weighted by atomic mass is 10.4. The normalized spacial score (nSPS) is 15.2. The van der Waals surface area contributed by atoms with Gasteiger partial charge in [-0.15, -0.1) is 11.3 Å². The van der Waals surface area contributed by atoms with E-state index in [4.69, 9.17) is 5.11 Å². The Labute approximate surface area is 113 Å². The van der Waals surface area contributed by atoms with Gasteiger partial charge in [-0.3, -0.25) is 4.79 Å². The Kier molecular flexibility index (Phi) is 3.88. The number of sulfonamides is 1. The van der Waals surface area contributed by atoms with E-state index in [-0.39, 0.29) is 28.3 Å². The van der Waals surface area contributed by atoms with Crippen molar-refractivity contribution in [3.63, 3.8) is 0 Å². The van der Waals surface area contributed by atoms with Crippen LogP contribution in [0.1, 0.15) is 23.2 Å². The fourth-order valence-electron chi connectivity index (χ4n) is 1.31. The lowest BCUT2D eigenvalue weighted by molar-refractivity contribution is -0.120. The molecule has 1 heterocycles. The van der Waals surface area contributed by atoms with Crippen LogP contribution in [0, 0.1) is 0 Å². The van der Waals surface area contributed by atoms with Crippen LogP contribution in [-0.4, -0.2) is 38.0 Å². The molecule has 0 aliphatic heterocycles. The summed E-state index contributed by atoms with van der Waals surface area (Å²) in [6.07, 6.45) is 1.84. The number of thiophene rings is 1. The Morgan fingerprint density at radius 2 is 2.11 bits per heavy atom. The van der Waals surface area contributed by atoms with Gasteiger partial charge in [-0.05, 0) is 18.9 Å². The number of hydrogen-bond donors (Lipinski definition) is 3. The molecule has 1 fully saturated rings. The molecule has 1 aromatic heterocycles. The predicted molar refractivity (Wildman–Crippen MR) is 67.6 cm³/mol. The highest BCUT2D eigenvalue weighted by Crippen LogP contribution is 2.20. The number of nitrogens with one attached hydrogen (secondary N) is 2. The second kappa shape index (κ2) is 5.27. The van der Waals surface area contributed by atoms with Gasteiger partial charge in [-0.1, -0.05) is 0 Å².